The fourth-order valence-corrected chi connectivity index (χ4v) is 8.19. The first-order chi connectivity index (χ1) is 28.8. The number of nitrogens with one attached hydrogen (secondary N) is 5. The van der Waals surface area contributed by atoms with E-state index in [1.165, 1.54) is 12.1 Å². The van der Waals surface area contributed by atoms with Gasteiger partial charge in [0.05, 0.1) is 33.7 Å². The molecule has 0 unspecified atom stereocenters. The summed E-state index contributed by atoms with van der Waals surface area (Å²) in [6.07, 6.45) is 1.52. The van der Waals surface area contributed by atoms with Gasteiger partial charge in [-0.2, -0.15) is 43.6 Å². The molecule has 0 aliphatic carbocycles. The Kier molecular flexibility index (Phi) is 13.2. The summed E-state index contributed by atoms with van der Waals surface area (Å²) < 4.78 is 185. The molecule has 5 aromatic rings. The van der Waals surface area contributed by atoms with E-state index in [9.17, 15) is 73.5 Å². The lowest BCUT2D eigenvalue weighted by Crippen LogP contribution is -2.17. The highest BCUT2D eigenvalue weighted by Crippen LogP contribution is 2.36. The number of H-pyrrole nitrogens is 1. The Balaban J connectivity index is 1.48. The molecule has 9 N–H and O–H groups in total. The van der Waals surface area contributed by atoms with Crippen LogP contribution in [-0.4, -0.2) is 96.2 Å². The van der Waals surface area contributed by atoms with E-state index in [2.05, 4.69) is 55.5 Å². The van der Waals surface area contributed by atoms with E-state index in [1.807, 2.05) is 0 Å². The molecule has 5 rings (SSSR count). The van der Waals surface area contributed by atoms with E-state index in [1.54, 1.807) is 0 Å². The van der Waals surface area contributed by atoms with Crippen molar-refractivity contribution in [1.82, 2.24) is 15.0 Å². The minimum absolute atomic E-state index is 0.000953. The van der Waals surface area contributed by atoms with Crippen LogP contribution in [0.5, 0.6) is 0 Å². The molecule has 0 fully saturated rings. The molecule has 336 valence electrons. The Morgan fingerprint density at radius 1 is 0.492 bits per heavy atom. The van der Waals surface area contributed by atoms with E-state index in [4.69, 9.17) is 0 Å². The van der Waals surface area contributed by atoms with Crippen LogP contribution in [0, 0.1) is 0 Å². The summed E-state index contributed by atoms with van der Waals surface area (Å²) in [5.41, 5.74) is -3.86. The van der Waals surface area contributed by atoms with E-state index in [0.29, 0.717) is 36.4 Å². The number of azo groups is 2. The van der Waals surface area contributed by atoms with Gasteiger partial charge in [0.25, 0.3) is 40.5 Å². The van der Waals surface area contributed by atoms with Crippen molar-refractivity contribution >= 4 is 118 Å². The van der Waals surface area contributed by atoms with Gasteiger partial charge in [-0.25, -0.2) is 21.6 Å². The Labute approximate surface area is 355 Å². The highest BCUT2D eigenvalue weighted by Gasteiger charge is 2.22. The highest BCUT2D eigenvalue weighted by atomic mass is 32.2. The van der Waals surface area contributed by atoms with Crippen molar-refractivity contribution in [3.05, 3.63) is 83.3 Å². The number of hydrogen-bond donors (Lipinski definition) is 9. The normalized spacial score (nSPS) is 13.0. The minimum Gasteiger partial charge on any atom is -0.325 e. The van der Waals surface area contributed by atoms with Crippen LogP contribution in [-0.2, 0) is 60.5 Å². The molecular formula is C29H27N11O17S6. The van der Waals surface area contributed by atoms with Crippen LogP contribution in [0.2, 0.25) is 0 Å². The van der Waals surface area contributed by atoms with Gasteiger partial charge in [0.1, 0.15) is 32.5 Å². The van der Waals surface area contributed by atoms with Gasteiger partial charge in [-0.05, 0) is 72.8 Å². The smallest absolute Gasteiger partial charge is 0.325 e. The minimum atomic E-state index is -5.02. The van der Waals surface area contributed by atoms with Crippen molar-refractivity contribution in [2.75, 3.05) is 32.6 Å². The summed E-state index contributed by atoms with van der Waals surface area (Å²) in [4.78, 5) is 19.1. The lowest BCUT2D eigenvalue weighted by molar-refractivity contribution is 0.478. The molecule has 0 spiro atoms. The lowest BCUT2D eigenvalue weighted by Gasteiger charge is -2.12. The number of aromatic amines is 1. The zero-order chi connectivity index (χ0) is 46.9. The second-order valence-corrected chi connectivity index (χ2v) is 21.5. The first-order valence-corrected chi connectivity index (χ1v) is 25.7. The van der Waals surface area contributed by atoms with Gasteiger partial charge in [0, 0.05) is 11.4 Å². The van der Waals surface area contributed by atoms with Crippen LogP contribution >= 0.6 is 0 Å². The topological polar surface area (TPSA) is 442 Å². The van der Waals surface area contributed by atoms with Crippen LogP contribution in [0.4, 0.5) is 57.4 Å². The van der Waals surface area contributed by atoms with Crippen LogP contribution in [0.25, 0.3) is 0 Å². The van der Waals surface area contributed by atoms with Gasteiger partial charge in [0.15, 0.2) is 0 Å². The molecule has 0 saturated heterocycles. The number of nitrogens with zero attached hydrogens (tertiary/aromatic N) is 6. The standard InChI is InChI=1S/C29H27N11O17S6/c1-58(42,43)39-21-11-15(3-7-19(21)35-37-23-13-17(60(46,47)48)5-9-25(23)62(52,53)54)30-27-32-28(34-29(41)33-27)31-16-4-8-20(22(12-16)40-59(2,44)45)36-38-24-14-18(61(49,50)51)6-10-26(24)63(55,56)57/h3-14,39-40H,1-2H3,(H,46,47,48)(H,49,50,51)(H,52,53,54)(H,55,56,57)(H3,30,31,32,33,34,41). The Hall–Kier alpha value is -6.37. The lowest BCUT2D eigenvalue weighted by atomic mass is 10.2. The average molecular weight is 994 g/mol. The molecule has 0 aliphatic rings. The number of benzene rings is 4. The SMILES string of the molecule is CS(=O)(=O)Nc1cc(Nc2nc(Nc3ccc(N=Nc4cc(S(=O)(=O)O)ccc4S(=O)(=O)O)c(NS(C)(=O)=O)c3)[nH]c(=O)n2)ccc1N=Nc1cc(S(=O)(=O)O)ccc1S(=O)(=O)O. The number of anilines is 6. The second kappa shape index (κ2) is 17.4. The van der Waals surface area contributed by atoms with E-state index < -0.39 is 103 Å². The summed E-state index contributed by atoms with van der Waals surface area (Å²) in [5, 5.41) is 20.1. The summed E-state index contributed by atoms with van der Waals surface area (Å²) >= 11 is 0. The fourth-order valence-electron chi connectivity index (χ4n) is 4.85. The highest BCUT2D eigenvalue weighted by molar-refractivity contribution is 7.92. The van der Waals surface area contributed by atoms with Crippen molar-refractivity contribution in [3.63, 3.8) is 0 Å². The predicted octanol–water partition coefficient (Wildman–Crippen LogP) is 3.21. The molecule has 0 aliphatic heterocycles. The van der Waals surface area contributed by atoms with E-state index in [-0.39, 0.29) is 40.1 Å². The second-order valence-electron chi connectivity index (χ2n) is 12.3. The third-order valence-corrected chi connectivity index (χ3v) is 12.0. The Bertz CT molecular complexity index is 3270. The summed E-state index contributed by atoms with van der Waals surface area (Å²) in [5.74, 6) is -0.763. The third-order valence-electron chi connectivity index (χ3n) is 7.30. The molecule has 1 aromatic heterocycles. The maximum Gasteiger partial charge on any atom is 0.351 e. The third kappa shape index (κ3) is 13.3. The molecule has 0 atom stereocenters. The molecular weight excluding hydrogens is 967 g/mol. The van der Waals surface area contributed by atoms with Crippen LogP contribution < -0.4 is 25.8 Å². The van der Waals surface area contributed by atoms with Gasteiger partial charge in [-0.1, -0.05) is 0 Å². The van der Waals surface area contributed by atoms with Crippen molar-refractivity contribution in [2.24, 2.45) is 20.5 Å². The predicted molar refractivity (Wildman–Crippen MR) is 220 cm³/mol. The number of hydrogen-bond acceptors (Lipinski definition) is 21. The monoisotopic (exact) mass is 993 g/mol. The summed E-state index contributed by atoms with van der Waals surface area (Å²) in [7, 11) is -28.0. The van der Waals surface area contributed by atoms with Crippen LogP contribution in [0.15, 0.2) is 118 Å². The van der Waals surface area contributed by atoms with Crippen LogP contribution in [0.1, 0.15) is 0 Å². The molecule has 4 aromatic carbocycles. The molecule has 1 heterocycles. The number of sulfonamides is 2. The van der Waals surface area contributed by atoms with E-state index >= 15 is 0 Å². The molecule has 34 heteroatoms. The first kappa shape index (κ1) is 47.7. The molecule has 0 radical (unpaired) electrons. The van der Waals surface area contributed by atoms with Gasteiger partial charge in [0.2, 0.25) is 31.9 Å². The van der Waals surface area contributed by atoms with Gasteiger partial charge >= 0.3 is 5.69 Å². The van der Waals surface area contributed by atoms with Crippen molar-refractivity contribution in [3.8, 4) is 0 Å². The molecule has 0 amide bonds. The molecule has 0 saturated carbocycles. The largest absolute Gasteiger partial charge is 0.351 e. The van der Waals surface area contributed by atoms with Gasteiger partial charge < -0.3 is 10.6 Å². The summed E-state index contributed by atoms with van der Waals surface area (Å²) in [6, 6.07) is 10.6. The van der Waals surface area contributed by atoms with Gasteiger partial charge in [-0.3, -0.25) is 32.6 Å². The van der Waals surface area contributed by atoms with Crippen molar-refractivity contribution < 1.29 is 68.7 Å². The van der Waals surface area contributed by atoms with Crippen LogP contribution in [0.3, 0.4) is 0 Å². The molecule has 28 nitrogen and oxygen atoms in total. The number of aromatic nitrogens is 3. The molecule has 0 bridgehead atoms. The van der Waals surface area contributed by atoms with Crippen molar-refractivity contribution in [1.29, 1.82) is 0 Å². The fraction of sp³-hybridized carbons (Fsp3) is 0.0690. The summed E-state index contributed by atoms with van der Waals surface area (Å²) in [6.45, 7) is 0. The Morgan fingerprint density at radius 3 is 1.27 bits per heavy atom. The first-order valence-electron chi connectivity index (χ1n) is 16.1. The maximum absolute atomic E-state index is 12.6. The van der Waals surface area contributed by atoms with E-state index in [0.717, 1.165) is 36.8 Å². The molecule has 63 heavy (non-hydrogen) atoms. The van der Waals surface area contributed by atoms with Gasteiger partial charge in [-0.15, -0.1) is 20.5 Å². The quantitative estimate of drug-likeness (QED) is 0.0506. The Morgan fingerprint density at radius 2 is 0.889 bits per heavy atom. The average Bonchev–Trinajstić information content (AvgIpc) is 3.11. The zero-order valence-electron chi connectivity index (χ0n) is 31.2. The maximum atomic E-state index is 12.6. The zero-order valence-corrected chi connectivity index (χ0v) is 36.1. The van der Waals surface area contributed by atoms with Crippen molar-refractivity contribution in [2.45, 2.75) is 19.6 Å². The number of rotatable bonds is 16.